The zero-order valence-corrected chi connectivity index (χ0v) is 26.8. The lowest BCUT2D eigenvalue weighted by Crippen LogP contribution is -2.38. The Kier molecular flexibility index (Phi) is 9.67. The molecule has 1 heterocycles. The first-order valence-corrected chi connectivity index (χ1v) is 15.4. The first-order chi connectivity index (χ1) is 21.6. The minimum absolute atomic E-state index is 0.0651. The van der Waals surface area contributed by atoms with Gasteiger partial charge in [-0.15, -0.1) is 4.99 Å². The second-order valence-corrected chi connectivity index (χ2v) is 12.6. The van der Waals surface area contributed by atoms with Crippen molar-refractivity contribution in [3.8, 4) is 0 Å². The Hall–Kier alpha value is -4.91. The number of nitrogens with zero attached hydrogens (tertiary/aromatic N) is 3. The lowest BCUT2D eigenvalue weighted by Gasteiger charge is -2.22. The van der Waals surface area contributed by atoms with Crippen molar-refractivity contribution in [3.63, 3.8) is 0 Å². The third-order valence-electron chi connectivity index (χ3n) is 7.63. The smallest absolute Gasteiger partial charge is 0.437 e. The number of carbonyl (C=O) groups excluding carboxylic acids is 2. The highest BCUT2D eigenvalue weighted by Crippen LogP contribution is 2.22. The van der Waals surface area contributed by atoms with Gasteiger partial charge in [-0.25, -0.2) is 4.79 Å². The van der Waals surface area contributed by atoms with Gasteiger partial charge in [0, 0.05) is 6.54 Å². The molecule has 7 heteroatoms. The predicted octanol–water partition coefficient (Wildman–Crippen LogP) is 7.09. The van der Waals surface area contributed by atoms with Crippen molar-refractivity contribution >= 4 is 23.0 Å². The fraction of sp³-hybridized carbons (Fsp3) is 0.289. The van der Waals surface area contributed by atoms with Crippen LogP contribution in [0.1, 0.15) is 54.6 Å². The molecule has 1 N–H and O–H groups in total. The molecule has 1 atom stereocenters. The van der Waals surface area contributed by atoms with E-state index in [2.05, 4.69) is 81.8 Å². The number of imidazole rings is 1. The maximum Gasteiger partial charge on any atom is 0.437 e. The van der Waals surface area contributed by atoms with Crippen LogP contribution in [0, 0.1) is 13.8 Å². The number of nitrogens with one attached hydrogen (secondary N) is 1. The average Bonchev–Trinajstić information content (AvgIpc) is 3.29. The van der Waals surface area contributed by atoms with E-state index in [1.807, 2.05) is 75.4 Å². The van der Waals surface area contributed by atoms with Crippen LogP contribution in [0.15, 0.2) is 108 Å². The van der Waals surface area contributed by atoms with Crippen LogP contribution >= 0.6 is 0 Å². The van der Waals surface area contributed by atoms with Crippen LogP contribution in [0.2, 0.25) is 0 Å². The molecule has 5 rings (SSSR count). The van der Waals surface area contributed by atoms with E-state index in [1.54, 1.807) is 0 Å². The average molecular weight is 603 g/mol. The predicted molar refractivity (Wildman–Crippen MR) is 179 cm³/mol. The van der Waals surface area contributed by atoms with E-state index < -0.39 is 11.7 Å². The van der Waals surface area contributed by atoms with Crippen molar-refractivity contribution in [1.29, 1.82) is 0 Å². The monoisotopic (exact) mass is 602 g/mol. The summed E-state index contributed by atoms with van der Waals surface area (Å²) in [6.45, 7) is 10.5. The molecule has 2 amide bonds. The number of aryl methyl sites for hydroxylation is 2. The molecular weight excluding hydrogens is 560 g/mol. The Bertz CT molecular complexity index is 1830. The van der Waals surface area contributed by atoms with Gasteiger partial charge >= 0.3 is 6.09 Å². The number of para-hydroxylation sites is 2. The highest BCUT2D eigenvalue weighted by atomic mass is 16.6. The normalized spacial score (nSPS) is 12.7. The quantitative estimate of drug-likeness (QED) is 0.196. The topological polar surface area (TPSA) is 77.6 Å². The van der Waals surface area contributed by atoms with Crippen LogP contribution in [0.3, 0.4) is 0 Å². The summed E-state index contributed by atoms with van der Waals surface area (Å²) in [7, 11) is 0. The molecule has 0 fully saturated rings. The number of benzene rings is 4. The number of rotatable bonds is 9. The number of carbonyl (C=O) groups is 2. The van der Waals surface area contributed by atoms with Gasteiger partial charge in [-0.2, -0.15) is 0 Å². The third-order valence-corrected chi connectivity index (χ3v) is 7.63. The summed E-state index contributed by atoms with van der Waals surface area (Å²) in [6.07, 6.45) is 0.241. The van der Waals surface area contributed by atoms with E-state index in [1.165, 1.54) is 11.1 Å². The molecule has 1 aromatic heterocycles. The summed E-state index contributed by atoms with van der Waals surface area (Å²) < 4.78 is 9.85. The van der Waals surface area contributed by atoms with Gasteiger partial charge in [-0.3, -0.25) is 4.79 Å². The molecule has 0 aliphatic rings. The highest BCUT2D eigenvalue weighted by Gasteiger charge is 2.23. The van der Waals surface area contributed by atoms with E-state index in [0.717, 1.165) is 27.7 Å². The molecule has 1 unspecified atom stereocenters. The van der Waals surface area contributed by atoms with Crippen molar-refractivity contribution in [3.05, 3.63) is 137 Å². The fourth-order valence-electron chi connectivity index (χ4n) is 5.44. The van der Waals surface area contributed by atoms with Gasteiger partial charge in [0.05, 0.1) is 30.0 Å². The molecule has 0 bridgehead atoms. The summed E-state index contributed by atoms with van der Waals surface area (Å²) in [5.41, 5.74) is 7.13. The summed E-state index contributed by atoms with van der Waals surface area (Å²) in [6, 6.07) is 34.3. The van der Waals surface area contributed by atoms with Crippen LogP contribution in [0.4, 0.5) is 4.79 Å². The van der Waals surface area contributed by atoms with Gasteiger partial charge in [-0.05, 0) is 69.9 Å². The van der Waals surface area contributed by atoms with Gasteiger partial charge in [0.2, 0.25) is 11.5 Å². The number of hydrogen-bond acceptors (Lipinski definition) is 3. The van der Waals surface area contributed by atoms with E-state index in [-0.39, 0.29) is 18.4 Å². The standard InChI is InChI=1S/C38H42N4O3/c1-27-15-19-30(20-16-27)23-32(25-39-35(43)24-29-11-7-6-8-12-29)42-34-14-10-9-13-33(34)41(26-31-21-17-28(2)18-22-31)36(42)40-37(44)45-38(3,4)5/h6-22,32H,23-26H2,1-5H3,(H,39,43). The minimum atomic E-state index is -0.702. The lowest BCUT2D eigenvalue weighted by atomic mass is 10.0. The second-order valence-electron chi connectivity index (χ2n) is 12.6. The van der Waals surface area contributed by atoms with Crippen molar-refractivity contribution in [1.82, 2.24) is 14.5 Å². The van der Waals surface area contributed by atoms with Gasteiger partial charge in [0.15, 0.2) is 0 Å². The highest BCUT2D eigenvalue weighted by molar-refractivity contribution is 5.79. The summed E-state index contributed by atoms with van der Waals surface area (Å²) in [5.74, 6) is -0.0651. The largest absolute Gasteiger partial charge is 0.442 e. The summed E-state index contributed by atoms with van der Waals surface area (Å²) in [5, 5.41) is 3.18. The first kappa shape index (κ1) is 31.5. The number of hydrogen-bond donors (Lipinski definition) is 1. The SMILES string of the molecule is Cc1ccc(CC(CNC(=O)Cc2ccccc2)n2c(=NC(=O)OC(C)(C)C)n(Cc3ccc(C)cc3)c3ccccc32)cc1. The van der Waals surface area contributed by atoms with Gasteiger partial charge in [-0.1, -0.05) is 102 Å². The Morgan fingerprint density at radius 3 is 1.96 bits per heavy atom. The molecule has 45 heavy (non-hydrogen) atoms. The number of ether oxygens (including phenoxy) is 1. The van der Waals surface area contributed by atoms with Crippen molar-refractivity contribution in [2.45, 2.75) is 65.6 Å². The fourth-order valence-corrected chi connectivity index (χ4v) is 5.44. The molecule has 0 radical (unpaired) electrons. The zero-order chi connectivity index (χ0) is 32.0. The van der Waals surface area contributed by atoms with Crippen LogP contribution in [-0.2, 0) is 28.9 Å². The molecule has 0 spiro atoms. The molecule has 4 aromatic carbocycles. The Morgan fingerprint density at radius 1 is 0.756 bits per heavy atom. The van der Waals surface area contributed by atoms with Crippen molar-refractivity contribution < 1.29 is 14.3 Å². The van der Waals surface area contributed by atoms with E-state index in [9.17, 15) is 9.59 Å². The van der Waals surface area contributed by atoms with E-state index in [4.69, 9.17) is 4.74 Å². The zero-order valence-electron chi connectivity index (χ0n) is 26.8. The Morgan fingerprint density at radius 2 is 1.33 bits per heavy atom. The van der Waals surface area contributed by atoms with Crippen molar-refractivity contribution in [2.24, 2.45) is 4.99 Å². The van der Waals surface area contributed by atoms with Crippen LogP contribution in [0.25, 0.3) is 11.0 Å². The number of fused-ring (bicyclic) bond motifs is 1. The van der Waals surface area contributed by atoms with Crippen LogP contribution in [-0.4, -0.2) is 33.3 Å². The maximum absolute atomic E-state index is 13.3. The molecule has 232 valence electrons. The van der Waals surface area contributed by atoms with Crippen LogP contribution < -0.4 is 10.9 Å². The molecule has 7 nitrogen and oxygen atoms in total. The molecule has 0 saturated carbocycles. The van der Waals surface area contributed by atoms with E-state index in [0.29, 0.717) is 25.1 Å². The van der Waals surface area contributed by atoms with Crippen molar-refractivity contribution in [2.75, 3.05) is 6.54 Å². The molecule has 0 saturated heterocycles. The molecule has 5 aromatic rings. The van der Waals surface area contributed by atoms with E-state index >= 15 is 0 Å². The first-order valence-electron chi connectivity index (χ1n) is 15.4. The van der Waals surface area contributed by atoms with Gasteiger partial charge in [0.1, 0.15) is 5.60 Å². The lowest BCUT2D eigenvalue weighted by molar-refractivity contribution is -0.120. The number of aromatic nitrogens is 2. The third kappa shape index (κ3) is 8.38. The molecule has 0 aliphatic carbocycles. The van der Waals surface area contributed by atoms with Gasteiger partial charge < -0.3 is 19.2 Å². The summed E-state index contributed by atoms with van der Waals surface area (Å²) >= 11 is 0. The maximum atomic E-state index is 13.3. The molecular formula is C38H42N4O3. The minimum Gasteiger partial charge on any atom is -0.442 e. The van der Waals surface area contributed by atoms with Crippen LogP contribution in [0.5, 0.6) is 0 Å². The number of amides is 2. The Labute approximate surface area is 265 Å². The second kappa shape index (κ2) is 13.8. The van der Waals surface area contributed by atoms with Gasteiger partial charge in [0.25, 0.3) is 0 Å². The summed E-state index contributed by atoms with van der Waals surface area (Å²) in [4.78, 5) is 31.1. The molecule has 0 aliphatic heterocycles. The Balaban J connectivity index is 1.64.